The fourth-order valence-corrected chi connectivity index (χ4v) is 2.49. The summed E-state index contributed by atoms with van der Waals surface area (Å²) in [6.45, 7) is 4.16. The highest BCUT2D eigenvalue weighted by molar-refractivity contribution is 6.06. The Hall–Kier alpha value is -2.89. The van der Waals surface area contributed by atoms with E-state index in [1.165, 1.54) is 11.9 Å². The number of aryl methyl sites for hydroxylation is 2. The molecular weight excluding hydrogens is 294 g/mol. The van der Waals surface area contributed by atoms with Crippen LogP contribution in [0.3, 0.4) is 0 Å². The van der Waals surface area contributed by atoms with Gasteiger partial charge < -0.3 is 14.7 Å². The maximum absolute atomic E-state index is 12.4. The first-order chi connectivity index (χ1) is 11.1. The lowest BCUT2D eigenvalue weighted by Gasteiger charge is -2.05. The summed E-state index contributed by atoms with van der Waals surface area (Å²) in [5, 5.41) is 3.02. The number of benzene rings is 1. The topological polar surface area (TPSA) is 88.0 Å². The zero-order chi connectivity index (χ0) is 16.4. The number of furan rings is 1. The van der Waals surface area contributed by atoms with Crippen molar-refractivity contribution in [3.8, 4) is 0 Å². The van der Waals surface area contributed by atoms with E-state index in [1.807, 2.05) is 31.2 Å². The Labute approximate surface area is 132 Å². The van der Waals surface area contributed by atoms with E-state index in [1.54, 1.807) is 6.92 Å². The summed E-state index contributed by atoms with van der Waals surface area (Å²) >= 11 is 0. The highest BCUT2D eigenvalue weighted by Crippen LogP contribution is 2.20. The summed E-state index contributed by atoms with van der Waals surface area (Å²) in [5.41, 5.74) is 2.39. The average Bonchev–Trinajstić information content (AvgIpc) is 2.86. The van der Waals surface area contributed by atoms with Crippen LogP contribution in [-0.4, -0.2) is 22.4 Å². The van der Waals surface area contributed by atoms with E-state index in [0.29, 0.717) is 12.3 Å². The Morgan fingerprint density at radius 1 is 1.26 bits per heavy atom. The largest absolute Gasteiger partial charge is 0.442 e. The third-order valence-electron chi connectivity index (χ3n) is 3.72. The van der Waals surface area contributed by atoms with E-state index in [-0.39, 0.29) is 28.1 Å². The van der Waals surface area contributed by atoms with Crippen LogP contribution in [0.4, 0.5) is 0 Å². The number of aromatic nitrogens is 2. The van der Waals surface area contributed by atoms with Gasteiger partial charge in [0.1, 0.15) is 11.1 Å². The Bertz CT molecular complexity index is 907. The van der Waals surface area contributed by atoms with Gasteiger partial charge in [-0.3, -0.25) is 9.59 Å². The summed E-state index contributed by atoms with van der Waals surface area (Å²) in [7, 11) is 0. The molecule has 3 aromatic rings. The molecule has 0 radical (unpaired) electrons. The van der Waals surface area contributed by atoms with Crippen LogP contribution >= 0.6 is 0 Å². The number of hydrogen-bond donors (Lipinski definition) is 2. The molecule has 0 atom stereocenters. The number of nitrogens with zero attached hydrogens (tertiary/aromatic N) is 1. The van der Waals surface area contributed by atoms with Gasteiger partial charge in [0.05, 0.1) is 11.9 Å². The molecule has 1 aromatic carbocycles. The van der Waals surface area contributed by atoms with Crippen LogP contribution in [0.2, 0.25) is 0 Å². The first-order valence-electron chi connectivity index (χ1n) is 7.37. The van der Waals surface area contributed by atoms with Gasteiger partial charge in [-0.05, 0) is 25.8 Å². The number of nitrogens with one attached hydrogen (secondary N) is 2. The van der Waals surface area contributed by atoms with Crippen molar-refractivity contribution in [1.29, 1.82) is 0 Å². The molecule has 0 bridgehead atoms. The lowest BCUT2D eigenvalue weighted by Crippen LogP contribution is -2.27. The maximum Gasteiger partial charge on any atom is 0.262 e. The molecule has 0 unspecified atom stereocenters. The van der Waals surface area contributed by atoms with Crippen LogP contribution in [0, 0.1) is 13.8 Å². The number of amides is 1. The first-order valence-corrected chi connectivity index (χ1v) is 7.37. The normalized spacial score (nSPS) is 10.9. The predicted molar refractivity (Wildman–Crippen MR) is 86.6 cm³/mol. The van der Waals surface area contributed by atoms with Crippen molar-refractivity contribution in [3.05, 3.63) is 63.4 Å². The molecular formula is C17H17N3O3. The zero-order valence-electron chi connectivity index (χ0n) is 13.0. The quantitative estimate of drug-likeness (QED) is 0.772. The Balaban J connectivity index is 1.75. The molecule has 0 aliphatic carbocycles. The van der Waals surface area contributed by atoms with Crippen molar-refractivity contribution >= 4 is 17.0 Å². The Kier molecular flexibility index (Phi) is 3.97. The molecule has 1 amide bonds. The molecule has 0 spiro atoms. The van der Waals surface area contributed by atoms with Gasteiger partial charge in [-0.25, -0.2) is 4.98 Å². The van der Waals surface area contributed by atoms with Gasteiger partial charge in [0.15, 0.2) is 0 Å². The summed E-state index contributed by atoms with van der Waals surface area (Å²) in [6, 6.07) is 8.15. The second kappa shape index (κ2) is 6.08. The molecule has 118 valence electrons. The second-order valence-electron chi connectivity index (χ2n) is 5.44. The van der Waals surface area contributed by atoms with E-state index in [9.17, 15) is 9.59 Å². The molecule has 0 fully saturated rings. The zero-order valence-corrected chi connectivity index (χ0v) is 13.0. The van der Waals surface area contributed by atoms with Crippen molar-refractivity contribution < 1.29 is 9.21 Å². The minimum Gasteiger partial charge on any atom is -0.442 e. The monoisotopic (exact) mass is 311 g/mol. The van der Waals surface area contributed by atoms with Crippen LogP contribution in [0.5, 0.6) is 0 Å². The van der Waals surface area contributed by atoms with E-state index >= 15 is 0 Å². The van der Waals surface area contributed by atoms with Crippen LogP contribution in [0.15, 0.2) is 39.8 Å². The standard InChI is InChI=1S/C17H17N3O3/c1-10-3-5-12(6-4-10)7-8-18-15(21)13-11(2)23-17-14(13)16(22)19-9-20-17/h3-6,9H,7-8H2,1-2H3,(H,18,21)(H,19,20,22). The number of hydrogen-bond acceptors (Lipinski definition) is 4. The molecule has 0 saturated heterocycles. The lowest BCUT2D eigenvalue weighted by atomic mass is 10.1. The minimum absolute atomic E-state index is 0.176. The van der Waals surface area contributed by atoms with Crippen molar-refractivity contribution in [1.82, 2.24) is 15.3 Å². The van der Waals surface area contributed by atoms with Gasteiger partial charge in [-0.1, -0.05) is 29.8 Å². The fourth-order valence-electron chi connectivity index (χ4n) is 2.49. The molecule has 2 heterocycles. The average molecular weight is 311 g/mol. The molecule has 2 N–H and O–H groups in total. The fraction of sp³-hybridized carbons (Fsp3) is 0.235. The van der Waals surface area contributed by atoms with Crippen LogP contribution in [0.1, 0.15) is 27.2 Å². The van der Waals surface area contributed by atoms with Gasteiger partial charge >= 0.3 is 0 Å². The number of aromatic amines is 1. The van der Waals surface area contributed by atoms with Crippen molar-refractivity contribution in [2.24, 2.45) is 0 Å². The molecule has 2 aromatic heterocycles. The molecule has 0 aliphatic rings. The van der Waals surface area contributed by atoms with Gasteiger partial charge in [-0.2, -0.15) is 0 Å². The van der Waals surface area contributed by atoms with Crippen LogP contribution < -0.4 is 10.9 Å². The predicted octanol–water partition coefficient (Wildman–Crippen LogP) is 2.11. The number of H-pyrrole nitrogens is 1. The number of carbonyl (C=O) groups excluding carboxylic acids is 1. The summed E-state index contributed by atoms with van der Waals surface area (Å²) in [6.07, 6.45) is 1.97. The molecule has 6 nitrogen and oxygen atoms in total. The smallest absolute Gasteiger partial charge is 0.262 e. The van der Waals surface area contributed by atoms with Crippen molar-refractivity contribution in [3.63, 3.8) is 0 Å². The first kappa shape index (κ1) is 15.0. The SMILES string of the molecule is Cc1ccc(CCNC(=O)c2c(C)oc3nc[nH]c(=O)c23)cc1. The lowest BCUT2D eigenvalue weighted by molar-refractivity contribution is 0.0954. The van der Waals surface area contributed by atoms with E-state index in [4.69, 9.17) is 4.42 Å². The van der Waals surface area contributed by atoms with Gasteiger partial charge in [-0.15, -0.1) is 0 Å². The molecule has 0 aliphatic heterocycles. The molecule has 6 heteroatoms. The summed E-state index contributed by atoms with van der Waals surface area (Å²) in [4.78, 5) is 30.7. The molecule has 23 heavy (non-hydrogen) atoms. The Morgan fingerprint density at radius 3 is 2.74 bits per heavy atom. The van der Waals surface area contributed by atoms with E-state index < -0.39 is 0 Å². The van der Waals surface area contributed by atoms with Gasteiger partial charge in [0.25, 0.3) is 11.5 Å². The number of rotatable bonds is 4. The maximum atomic E-state index is 12.4. The van der Waals surface area contributed by atoms with Crippen LogP contribution in [0.25, 0.3) is 11.1 Å². The van der Waals surface area contributed by atoms with Crippen molar-refractivity contribution in [2.45, 2.75) is 20.3 Å². The molecule has 3 rings (SSSR count). The number of fused-ring (bicyclic) bond motifs is 1. The Morgan fingerprint density at radius 2 is 2.00 bits per heavy atom. The van der Waals surface area contributed by atoms with Gasteiger partial charge in [0, 0.05) is 6.54 Å². The van der Waals surface area contributed by atoms with E-state index in [2.05, 4.69) is 15.3 Å². The third-order valence-corrected chi connectivity index (χ3v) is 3.72. The summed E-state index contributed by atoms with van der Waals surface area (Å²) in [5.74, 6) is 0.0592. The highest BCUT2D eigenvalue weighted by atomic mass is 16.3. The highest BCUT2D eigenvalue weighted by Gasteiger charge is 2.21. The van der Waals surface area contributed by atoms with Crippen molar-refractivity contribution in [2.75, 3.05) is 6.54 Å². The third kappa shape index (κ3) is 3.01. The number of carbonyl (C=O) groups is 1. The molecule has 0 saturated carbocycles. The van der Waals surface area contributed by atoms with E-state index in [0.717, 1.165) is 12.0 Å². The minimum atomic E-state index is -0.379. The van der Waals surface area contributed by atoms with Gasteiger partial charge in [0.2, 0.25) is 5.71 Å². The second-order valence-corrected chi connectivity index (χ2v) is 5.44. The summed E-state index contributed by atoms with van der Waals surface area (Å²) < 4.78 is 5.39. The van der Waals surface area contributed by atoms with Crippen LogP contribution in [-0.2, 0) is 6.42 Å².